The highest BCUT2D eigenvalue weighted by Crippen LogP contribution is 2.26. The van der Waals surface area contributed by atoms with E-state index < -0.39 is 17.5 Å². The Hall–Kier alpha value is -3.01. The van der Waals surface area contributed by atoms with Gasteiger partial charge in [-0.1, -0.05) is 68.0 Å². The monoisotopic (exact) mass is 396 g/mol. The predicted molar refractivity (Wildman–Crippen MR) is 112 cm³/mol. The fraction of sp³-hybridized carbons (Fsp3) is 0.200. The summed E-state index contributed by atoms with van der Waals surface area (Å²) in [5.41, 5.74) is 3.03. The van der Waals surface area contributed by atoms with Crippen LogP contribution < -0.4 is 4.74 Å². The van der Waals surface area contributed by atoms with Crippen LogP contribution in [-0.2, 0) is 6.42 Å². The fourth-order valence-electron chi connectivity index (χ4n) is 3.12. The van der Waals surface area contributed by atoms with Crippen LogP contribution in [0.25, 0.3) is 23.3 Å². The van der Waals surface area contributed by atoms with E-state index in [1.807, 2.05) is 31.2 Å². The number of halogens is 3. The van der Waals surface area contributed by atoms with Crippen molar-refractivity contribution in [2.45, 2.75) is 26.7 Å². The van der Waals surface area contributed by atoms with Crippen LogP contribution in [0.15, 0.2) is 54.6 Å². The van der Waals surface area contributed by atoms with Gasteiger partial charge in [0.1, 0.15) is 0 Å². The molecule has 3 aromatic rings. The number of rotatable bonds is 7. The third-order valence-corrected chi connectivity index (χ3v) is 4.64. The average molecular weight is 396 g/mol. The molecule has 0 N–H and O–H groups in total. The molecule has 0 radical (unpaired) electrons. The van der Waals surface area contributed by atoms with E-state index in [-0.39, 0.29) is 11.3 Å². The lowest BCUT2D eigenvalue weighted by Crippen LogP contribution is -1.96. The Labute approximate surface area is 169 Å². The normalized spacial score (nSPS) is 11.2. The molecule has 0 saturated carbocycles. The number of ether oxygens (including phenoxy) is 1. The van der Waals surface area contributed by atoms with E-state index in [9.17, 15) is 13.2 Å². The van der Waals surface area contributed by atoms with Crippen LogP contribution >= 0.6 is 0 Å². The van der Waals surface area contributed by atoms with Gasteiger partial charge in [0.2, 0.25) is 0 Å². The van der Waals surface area contributed by atoms with Gasteiger partial charge in [-0.15, -0.1) is 0 Å². The Kier molecular flexibility index (Phi) is 6.76. The van der Waals surface area contributed by atoms with Crippen LogP contribution in [0.3, 0.4) is 0 Å². The van der Waals surface area contributed by atoms with Gasteiger partial charge >= 0.3 is 0 Å². The summed E-state index contributed by atoms with van der Waals surface area (Å²) in [6.45, 7) is 4.14. The van der Waals surface area contributed by atoms with E-state index in [1.54, 1.807) is 43.3 Å². The minimum Gasteiger partial charge on any atom is -0.491 e. The Morgan fingerprint density at radius 3 is 2.17 bits per heavy atom. The zero-order valence-electron chi connectivity index (χ0n) is 16.5. The molecule has 4 heteroatoms. The fourth-order valence-corrected chi connectivity index (χ4v) is 3.12. The molecule has 0 spiro atoms. The van der Waals surface area contributed by atoms with Crippen molar-refractivity contribution >= 4 is 12.2 Å². The first kappa shape index (κ1) is 20.7. The lowest BCUT2D eigenvalue weighted by atomic mass is 10.0. The van der Waals surface area contributed by atoms with Gasteiger partial charge in [0.15, 0.2) is 23.2 Å². The maximum Gasteiger partial charge on any atom is 0.166 e. The number of aryl methyl sites for hydroxylation is 1. The third kappa shape index (κ3) is 4.89. The van der Waals surface area contributed by atoms with Gasteiger partial charge in [-0.25, -0.2) is 13.2 Å². The van der Waals surface area contributed by atoms with Crippen molar-refractivity contribution in [1.29, 1.82) is 0 Å². The molecule has 150 valence electrons. The van der Waals surface area contributed by atoms with Gasteiger partial charge in [-0.3, -0.25) is 0 Å². The maximum atomic E-state index is 14.2. The number of hydrogen-bond acceptors (Lipinski definition) is 1. The second-order valence-corrected chi connectivity index (χ2v) is 6.73. The molecule has 0 bridgehead atoms. The maximum absolute atomic E-state index is 14.2. The van der Waals surface area contributed by atoms with E-state index in [0.717, 1.165) is 23.1 Å². The predicted octanol–water partition coefficient (Wildman–Crippen LogP) is 7.29. The van der Waals surface area contributed by atoms with Crippen molar-refractivity contribution in [2.24, 2.45) is 0 Å². The number of hydrogen-bond donors (Lipinski definition) is 0. The molecule has 0 aliphatic heterocycles. The molecule has 0 amide bonds. The van der Waals surface area contributed by atoms with Crippen molar-refractivity contribution in [2.75, 3.05) is 6.61 Å². The van der Waals surface area contributed by atoms with Gasteiger partial charge in [0.05, 0.1) is 6.61 Å². The second kappa shape index (κ2) is 9.46. The summed E-state index contributed by atoms with van der Waals surface area (Å²) < 4.78 is 47.6. The molecule has 1 nitrogen and oxygen atoms in total. The van der Waals surface area contributed by atoms with Crippen molar-refractivity contribution in [1.82, 2.24) is 0 Å². The summed E-state index contributed by atoms with van der Waals surface area (Å²) in [4.78, 5) is 0. The van der Waals surface area contributed by atoms with Crippen molar-refractivity contribution < 1.29 is 17.9 Å². The Morgan fingerprint density at radius 2 is 1.52 bits per heavy atom. The first-order chi connectivity index (χ1) is 14.0. The summed E-state index contributed by atoms with van der Waals surface area (Å²) in [7, 11) is 0. The lowest BCUT2D eigenvalue weighted by molar-refractivity contribution is 0.321. The van der Waals surface area contributed by atoms with Gasteiger partial charge in [0.25, 0.3) is 0 Å². The van der Waals surface area contributed by atoms with E-state index in [2.05, 4.69) is 0 Å². The molecule has 3 aromatic carbocycles. The van der Waals surface area contributed by atoms with Gasteiger partial charge in [-0.2, -0.15) is 0 Å². The SMILES string of the molecule is CCCc1ccc(C=Cc2ccc(-c3ccc(OCC)c(F)c3)cc2)c(F)c1F. The Balaban J connectivity index is 1.77. The summed E-state index contributed by atoms with van der Waals surface area (Å²) >= 11 is 0. The molecule has 0 fully saturated rings. The van der Waals surface area contributed by atoms with E-state index in [1.165, 1.54) is 6.07 Å². The molecule has 0 aliphatic rings. The molecule has 0 aliphatic carbocycles. The summed E-state index contributed by atoms with van der Waals surface area (Å²) in [5.74, 6) is -1.78. The molecule has 29 heavy (non-hydrogen) atoms. The first-order valence-corrected chi connectivity index (χ1v) is 9.71. The molecule has 3 rings (SSSR count). The molecule has 0 heterocycles. The average Bonchev–Trinajstić information content (AvgIpc) is 2.73. The van der Waals surface area contributed by atoms with Crippen molar-refractivity contribution in [3.05, 3.63) is 88.7 Å². The van der Waals surface area contributed by atoms with Gasteiger partial charge in [-0.05, 0) is 47.7 Å². The third-order valence-electron chi connectivity index (χ3n) is 4.64. The van der Waals surface area contributed by atoms with E-state index >= 15 is 0 Å². The quantitative estimate of drug-likeness (QED) is 0.381. The zero-order chi connectivity index (χ0) is 20.8. The van der Waals surface area contributed by atoms with E-state index in [0.29, 0.717) is 18.6 Å². The Bertz CT molecular complexity index is 1010. The molecule has 0 saturated heterocycles. The molecule has 0 aromatic heterocycles. The topological polar surface area (TPSA) is 9.23 Å². The van der Waals surface area contributed by atoms with Crippen molar-refractivity contribution in [3.8, 4) is 16.9 Å². The first-order valence-electron chi connectivity index (χ1n) is 9.71. The lowest BCUT2D eigenvalue weighted by Gasteiger charge is -2.07. The smallest absolute Gasteiger partial charge is 0.166 e. The number of benzene rings is 3. The zero-order valence-corrected chi connectivity index (χ0v) is 16.5. The minimum atomic E-state index is -0.825. The summed E-state index contributed by atoms with van der Waals surface area (Å²) in [6.07, 6.45) is 4.55. The highest BCUT2D eigenvalue weighted by Gasteiger charge is 2.11. The van der Waals surface area contributed by atoms with Gasteiger partial charge in [0, 0.05) is 5.56 Å². The Morgan fingerprint density at radius 1 is 0.793 bits per heavy atom. The van der Waals surface area contributed by atoms with Crippen molar-refractivity contribution in [3.63, 3.8) is 0 Å². The standard InChI is InChI=1S/C25H23F3O/c1-3-5-19-12-13-20(25(28)24(19)27)11-8-17-6-9-18(10-7-17)21-14-15-23(29-4-2)22(26)16-21/h6-16H,3-5H2,1-2H3. The molecular formula is C25H23F3O. The van der Waals surface area contributed by atoms with Crippen LogP contribution in [-0.4, -0.2) is 6.61 Å². The van der Waals surface area contributed by atoms with Crippen LogP contribution in [0.1, 0.15) is 37.0 Å². The van der Waals surface area contributed by atoms with E-state index in [4.69, 9.17) is 4.74 Å². The highest BCUT2D eigenvalue weighted by atomic mass is 19.2. The van der Waals surface area contributed by atoms with Crippen LogP contribution in [0, 0.1) is 17.5 Å². The second-order valence-electron chi connectivity index (χ2n) is 6.73. The van der Waals surface area contributed by atoms with Crippen LogP contribution in [0.4, 0.5) is 13.2 Å². The van der Waals surface area contributed by atoms with Crippen LogP contribution in [0.2, 0.25) is 0 Å². The molecule has 0 unspecified atom stereocenters. The largest absolute Gasteiger partial charge is 0.491 e. The molecular weight excluding hydrogens is 373 g/mol. The van der Waals surface area contributed by atoms with Crippen LogP contribution in [0.5, 0.6) is 5.75 Å². The summed E-state index contributed by atoms with van der Waals surface area (Å²) in [5, 5.41) is 0. The highest BCUT2D eigenvalue weighted by molar-refractivity contribution is 5.72. The molecule has 0 atom stereocenters. The summed E-state index contributed by atoms with van der Waals surface area (Å²) in [6, 6.07) is 15.5. The van der Waals surface area contributed by atoms with Gasteiger partial charge < -0.3 is 4.74 Å². The minimum absolute atomic E-state index is 0.208.